The van der Waals surface area contributed by atoms with Crippen molar-refractivity contribution in [2.45, 2.75) is 45.9 Å². The van der Waals surface area contributed by atoms with E-state index in [1.807, 2.05) is 6.92 Å². The maximum Gasteiger partial charge on any atom is 0.269 e. The molecule has 0 atom stereocenters. The van der Waals surface area contributed by atoms with Gasteiger partial charge in [-0.1, -0.05) is 0 Å². The quantitative estimate of drug-likeness (QED) is 0.689. The van der Waals surface area contributed by atoms with Gasteiger partial charge in [0.15, 0.2) is 0 Å². The van der Waals surface area contributed by atoms with Crippen molar-refractivity contribution in [2.24, 2.45) is 0 Å². The predicted octanol–water partition coefficient (Wildman–Crippen LogP) is 1.98. The molecule has 0 spiro atoms. The molecule has 0 radical (unpaired) electrons. The van der Waals surface area contributed by atoms with Crippen molar-refractivity contribution in [1.29, 1.82) is 0 Å². The lowest BCUT2D eigenvalue weighted by Crippen LogP contribution is -2.31. The highest BCUT2D eigenvalue weighted by molar-refractivity contribution is 7.18. The minimum atomic E-state index is -0.235. The van der Waals surface area contributed by atoms with E-state index >= 15 is 0 Å². The predicted molar refractivity (Wildman–Crippen MR) is 80.9 cm³/mol. The molecule has 6 nitrogen and oxygen atoms in total. The number of aromatic nitrogens is 4. The van der Waals surface area contributed by atoms with E-state index in [9.17, 15) is 4.79 Å². The van der Waals surface area contributed by atoms with Gasteiger partial charge in [-0.05, 0) is 26.3 Å². The summed E-state index contributed by atoms with van der Waals surface area (Å²) in [5, 5.41) is 4.95. The second-order valence-corrected chi connectivity index (χ2v) is 7.03. The summed E-state index contributed by atoms with van der Waals surface area (Å²) in [5.41, 5.74) is 0.841. The van der Waals surface area contributed by atoms with Gasteiger partial charge < -0.3 is 4.74 Å². The summed E-state index contributed by atoms with van der Waals surface area (Å²) in [5.74, 6) is 0.605. The molecule has 4 heterocycles. The fraction of sp³-hybridized carbons (Fsp3) is 0.500. The van der Waals surface area contributed by atoms with Gasteiger partial charge in [0.25, 0.3) is 5.56 Å². The van der Waals surface area contributed by atoms with Crippen LogP contribution in [0.4, 0.5) is 0 Å². The summed E-state index contributed by atoms with van der Waals surface area (Å²) in [6.45, 7) is 7.34. The minimum Gasteiger partial charge on any atom is -0.370 e. The SMILES string of the molecule is CCn1ncn2c(=O)c3c4c(sc3nc12)COC(C)(C)C4. The fourth-order valence-electron chi connectivity index (χ4n) is 2.87. The first-order valence-electron chi connectivity index (χ1n) is 7.02. The summed E-state index contributed by atoms with van der Waals surface area (Å²) in [4.78, 5) is 19.4. The van der Waals surface area contributed by atoms with Crippen LogP contribution in [0.1, 0.15) is 31.2 Å². The summed E-state index contributed by atoms with van der Waals surface area (Å²) >= 11 is 1.56. The van der Waals surface area contributed by atoms with E-state index in [1.54, 1.807) is 26.7 Å². The Morgan fingerprint density at radius 1 is 1.48 bits per heavy atom. The molecule has 0 aliphatic carbocycles. The summed E-state index contributed by atoms with van der Waals surface area (Å²) in [6.07, 6.45) is 2.30. The highest BCUT2D eigenvalue weighted by atomic mass is 32.1. The first-order valence-corrected chi connectivity index (χ1v) is 7.84. The molecule has 1 aliphatic heterocycles. The molecule has 3 aromatic heterocycles. The van der Waals surface area contributed by atoms with Crippen LogP contribution in [0.5, 0.6) is 0 Å². The Kier molecular flexibility index (Phi) is 2.56. The standard InChI is InChI=1S/C14H16N4O2S/c1-4-18-13-16-11-10(12(19)17(13)7-15-18)8-5-14(2,3)20-6-9(8)21-11/h7H,4-6H2,1-3H3. The summed E-state index contributed by atoms with van der Waals surface area (Å²) < 4.78 is 9.12. The number of hydrogen-bond acceptors (Lipinski definition) is 5. The maximum atomic E-state index is 12.8. The van der Waals surface area contributed by atoms with Crippen LogP contribution < -0.4 is 5.56 Å². The lowest BCUT2D eigenvalue weighted by Gasteiger charge is -2.29. The van der Waals surface area contributed by atoms with Gasteiger partial charge in [-0.25, -0.2) is 14.1 Å². The molecule has 0 amide bonds. The van der Waals surface area contributed by atoms with Gasteiger partial charge in [0.05, 0.1) is 17.6 Å². The zero-order valence-corrected chi connectivity index (χ0v) is 13.0. The Labute approximate surface area is 125 Å². The van der Waals surface area contributed by atoms with Crippen molar-refractivity contribution in [3.63, 3.8) is 0 Å². The fourth-order valence-corrected chi connectivity index (χ4v) is 3.96. The van der Waals surface area contributed by atoms with E-state index in [-0.39, 0.29) is 11.2 Å². The second kappa shape index (κ2) is 4.14. The highest BCUT2D eigenvalue weighted by Gasteiger charge is 2.31. The third kappa shape index (κ3) is 1.77. The molecule has 1 aliphatic rings. The van der Waals surface area contributed by atoms with Gasteiger partial charge in [-0.15, -0.1) is 11.3 Å². The number of fused-ring (bicyclic) bond motifs is 4. The molecule has 0 bridgehead atoms. The third-order valence-electron chi connectivity index (χ3n) is 3.96. The van der Waals surface area contributed by atoms with Crippen LogP contribution in [0.25, 0.3) is 16.0 Å². The van der Waals surface area contributed by atoms with E-state index < -0.39 is 0 Å². The number of aryl methyl sites for hydroxylation is 1. The molecule has 110 valence electrons. The normalized spacial score (nSPS) is 17.5. The van der Waals surface area contributed by atoms with Crippen molar-refractivity contribution in [2.75, 3.05) is 0 Å². The largest absolute Gasteiger partial charge is 0.370 e. The van der Waals surface area contributed by atoms with Crippen LogP contribution in [-0.2, 0) is 24.3 Å². The maximum absolute atomic E-state index is 12.8. The molecule has 0 aromatic carbocycles. The van der Waals surface area contributed by atoms with Crippen molar-refractivity contribution >= 4 is 27.3 Å². The van der Waals surface area contributed by atoms with Gasteiger partial charge in [-0.2, -0.15) is 5.10 Å². The van der Waals surface area contributed by atoms with Crippen molar-refractivity contribution < 1.29 is 4.74 Å². The van der Waals surface area contributed by atoms with Crippen LogP contribution in [0.2, 0.25) is 0 Å². The topological polar surface area (TPSA) is 61.4 Å². The lowest BCUT2D eigenvalue weighted by atomic mass is 9.94. The smallest absolute Gasteiger partial charge is 0.269 e. The first-order chi connectivity index (χ1) is 10.00. The summed E-state index contributed by atoms with van der Waals surface area (Å²) in [6, 6.07) is 0. The average molecular weight is 304 g/mol. The Bertz CT molecular complexity index is 918. The number of ether oxygens (including phenoxy) is 1. The second-order valence-electron chi connectivity index (χ2n) is 5.94. The van der Waals surface area contributed by atoms with Gasteiger partial charge in [0.2, 0.25) is 5.78 Å². The molecule has 0 saturated heterocycles. The molecule has 0 N–H and O–H groups in total. The lowest BCUT2D eigenvalue weighted by molar-refractivity contribution is -0.0379. The summed E-state index contributed by atoms with van der Waals surface area (Å²) in [7, 11) is 0. The number of thiophene rings is 1. The monoisotopic (exact) mass is 304 g/mol. The molecule has 0 unspecified atom stereocenters. The average Bonchev–Trinajstić information content (AvgIpc) is 2.99. The van der Waals surface area contributed by atoms with E-state index in [0.29, 0.717) is 18.9 Å². The zero-order chi connectivity index (χ0) is 14.8. The first kappa shape index (κ1) is 13.0. The Hall–Kier alpha value is -1.73. The molecule has 21 heavy (non-hydrogen) atoms. The van der Waals surface area contributed by atoms with Crippen LogP contribution >= 0.6 is 11.3 Å². The number of hydrogen-bond donors (Lipinski definition) is 0. The van der Waals surface area contributed by atoms with Crippen molar-refractivity contribution in [3.8, 4) is 0 Å². The van der Waals surface area contributed by atoms with Crippen LogP contribution in [0, 0.1) is 0 Å². The number of rotatable bonds is 1. The van der Waals surface area contributed by atoms with Crippen molar-refractivity contribution in [1.82, 2.24) is 19.2 Å². The van der Waals surface area contributed by atoms with E-state index in [2.05, 4.69) is 23.9 Å². The Balaban J connectivity index is 2.09. The van der Waals surface area contributed by atoms with Gasteiger partial charge in [0, 0.05) is 17.8 Å². The number of nitrogens with zero attached hydrogens (tertiary/aromatic N) is 4. The van der Waals surface area contributed by atoms with Crippen LogP contribution in [0.15, 0.2) is 11.1 Å². The minimum absolute atomic E-state index is 0.0232. The Morgan fingerprint density at radius 3 is 3.05 bits per heavy atom. The highest BCUT2D eigenvalue weighted by Crippen LogP contribution is 2.36. The molecule has 0 fully saturated rings. The Morgan fingerprint density at radius 2 is 2.29 bits per heavy atom. The molecule has 4 rings (SSSR count). The third-order valence-corrected chi connectivity index (χ3v) is 5.05. The van der Waals surface area contributed by atoms with Crippen LogP contribution in [-0.4, -0.2) is 24.8 Å². The van der Waals surface area contributed by atoms with Gasteiger partial charge >= 0.3 is 0 Å². The molecule has 7 heteroatoms. The van der Waals surface area contributed by atoms with E-state index in [1.165, 1.54) is 0 Å². The van der Waals surface area contributed by atoms with Crippen LogP contribution in [0.3, 0.4) is 0 Å². The van der Waals surface area contributed by atoms with Gasteiger partial charge in [-0.3, -0.25) is 4.79 Å². The van der Waals surface area contributed by atoms with E-state index in [0.717, 1.165) is 27.1 Å². The van der Waals surface area contributed by atoms with E-state index in [4.69, 9.17) is 4.74 Å². The zero-order valence-electron chi connectivity index (χ0n) is 12.2. The molecular formula is C14H16N4O2S. The molecule has 0 saturated carbocycles. The van der Waals surface area contributed by atoms with Gasteiger partial charge in [0.1, 0.15) is 11.2 Å². The molecular weight excluding hydrogens is 288 g/mol. The molecule has 3 aromatic rings. The van der Waals surface area contributed by atoms with Crippen molar-refractivity contribution in [3.05, 3.63) is 27.1 Å².